The molecule has 1 aliphatic heterocycles. The average molecular weight is 395 g/mol. The molecule has 2 aromatic rings. The Labute approximate surface area is 163 Å². The highest BCUT2D eigenvalue weighted by atomic mass is 35.5. The second kappa shape index (κ2) is 7.99. The zero-order chi connectivity index (χ0) is 18.7. The lowest BCUT2D eigenvalue weighted by molar-refractivity contribution is -0.467. The van der Waals surface area contributed by atoms with Gasteiger partial charge in [0.15, 0.2) is 5.79 Å². The van der Waals surface area contributed by atoms with E-state index in [0.717, 1.165) is 5.56 Å². The molecule has 0 spiro atoms. The van der Waals surface area contributed by atoms with E-state index < -0.39 is 11.9 Å². The van der Waals surface area contributed by atoms with Crippen molar-refractivity contribution >= 4 is 28.8 Å². The second-order valence-corrected chi connectivity index (χ2v) is 7.29. The maximum Gasteiger partial charge on any atom is 0.196 e. The molecule has 138 valence electrons. The van der Waals surface area contributed by atoms with E-state index in [4.69, 9.17) is 42.5 Å². The van der Waals surface area contributed by atoms with Crippen molar-refractivity contribution in [2.75, 3.05) is 6.61 Å². The van der Waals surface area contributed by atoms with Gasteiger partial charge < -0.3 is 9.47 Å². The van der Waals surface area contributed by atoms with Crippen LogP contribution in [-0.2, 0) is 21.1 Å². The highest BCUT2D eigenvalue weighted by Gasteiger charge is 2.33. The summed E-state index contributed by atoms with van der Waals surface area (Å²) in [4.78, 5) is 10.7. The van der Waals surface area contributed by atoms with Crippen LogP contribution in [0.5, 0.6) is 5.75 Å². The van der Waals surface area contributed by atoms with Gasteiger partial charge in [0.2, 0.25) is 0 Å². The SMILES string of the molecule is C=C(c1cc(Cl)cc(Cl)c1OCc1ccccc1)C1COC(C)(C)OO1. The Morgan fingerprint density at radius 1 is 1.23 bits per heavy atom. The van der Waals surface area contributed by atoms with Gasteiger partial charge in [0, 0.05) is 10.6 Å². The fourth-order valence-corrected chi connectivity index (χ4v) is 3.06. The van der Waals surface area contributed by atoms with Crippen LogP contribution < -0.4 is 4.74 Å². The van der Waals surface area contributed by atoms with Gasteiger partial charge in [0.25, 0.3) is 0 Å². The highest BCUT2D eigenvalue weighted by molar-refractivity contribution is 6.36. The summed E-state index contributed by atoms with van der Waals surface area (Å²) in [7, 11) is 0. The predicted molar refractivity (Wildman–Crippen MR) is 102 cm³/mol. The maximum atomic E-state index is 6.38. The molecule has 1 aliphatic rings. The van der Waals surface area contributed by atoms with Crippen molar-refractivity contribution in [3.63, 3.8) is 0 Å². The third kappa shape index (κ3) is 4.58. The van der Waals surface area contributed by atoms with Crippen molar-refractivity contribution in [3.05, 3.63) is 70.2 Å². The molecule has 0 N–H and O–H groups in total. The van der Waals surface area contributed by atoms with Crippen LogP contribution in [0.1, 0.15) is 25.0 Å². The van der Waals surface area contributed by atoms with Gasteiger partial charge in [-0.25, -0.2) is 9.78 Å². The van der Waals surface area contributed by atoms with E-state index in [1.54, 1.807) is 26.0 Å². The molecule has 2 aromatic carbocycles. The van der Waals surface area contributed by atoms with Crippen LogP contribution in [0.4, 0.5) is 0 Å². The van der Waals surface area contributed by atoms with Crippen molar-refractivity contribution in [2.45, 2.75) is 32.3 Å². The molecule has 0 aromatic heterocycles. The molecule has 1 saturated heterocycles. The van der Waals surface area contributed by atoms with Crippen molar-refractivity contribution in [3.8, 4) is 5.75 Å². The van der Waals surface area contributed by atoms with Crippen LogP contribution in [0.3, 0.4) is 0 Å². The lowest BCUT2D eigenvalue weighted by atomic mass is 10.0. The summed E-state index contributed by atoms with van der Waals surface area (Å²) in [5.41, 5.74) is 2.31. The van der Waals surface area contributed by atoms with Gasteiger partial charge in [0.1, 0.15) is 18.5 Å². The van der Waals surface area contributed by atoms with E-state index in [1.165, 1.54) is 0 Å². The smallest absolute Gasteiger partial charge is 0.196 e. The largest absolute Gasteiger partial charge is 0.487 e. The van der Waals surface area contributed by atoms with Gasteiger partial charge in [-0.1, -0.05) is 60.1 Å². The van der Waals surface area contributed by atoms with Gasteiger partial charge in [-0.05, 0) is 37.1 Å². The molecule has 3 rings (SSSR count). The van der Waals surface area contributed by atoms with Gasteiger partial charge in [0.05, 0.1) is 11.6 Å². The molecule has 0 bridgehead atoms. The van der Waals surface area contributed by atoms with Crippen molar-refractivity contribution in [2.24, 2.45) is 0 Å². The summed E-state index contributed by atoms with van der Waals surface area (Å²) in [5, 5.41) is 0.888. The van der Waals surface area contributed by atoms with Gasteiger partial charge >= 0.3 is 0 Å². The Balaban J connectivity index is 1.82. The Morgan fingerprint density at radius 3 is 2.62 bits per heavy atom. The molecule has 0 amide bonds. The van der Waals surface area contributed by atoms with Crippen molar-refractivity contribution in [1.82, 2.24) is 0 Å². The fourth-order valence-electron chi connectivity index (χ4n) is 2.51. The Hall–Kier alpha value is -1.56. The number of ether oxygens (including phenoxy) is 2. The molecule has 0 aliphatic carbocycles. The minimum absolute atomic E-state index is 0.300. The quantitative estimate of drug-likeness (QED) is 0.612. The van der Waals surface area contributed by atoms with E-state index in [1.807, 2.05) is 30.3 Å². The van der Waals surface area contributed by atoms with E-state index in [-0.39, 0.29) is 0 Å². The summed E-state index contributed by atoms with van der Waals surface area (Å²) < 4.78 is 11.6. The maximum absolute atomic E-state index is 6.38. The first-order valence-electron chi connectivity index (χ1n) is 8.19. The van der Waals surface area contributed by atoms with Crippen LogP contribution in [-0.4, -0.2) is 18.5 Å². The Kier molecular flexibility index (Phi) is 5.90. The van der Waals surface area contributed by atoms with Gasteiger partial charge in [-0.3, -0.25) is 0 Å². The minimum Gasteiger partial charge on any atom is -0.487 e. The summed E-state index contributed by atoms with van der Waals surface area (Å²) >= 11 is 12.6. The summed E-state index contributed by atoms with van der Waals surface area (Å²) in [6.45, 7) is 8.33. The standard InChI is InChI=1S/C20H20Cl2O4/c1-13(18-12-24-20(2,3)26-25-18)16-9-15(21)10-17(22)19(16)23-11-14-7-5-4-6-8-14/h4-10,18H,1,11-12H2,2-3H3. The molecular weight excluding hydrogens is 375 g/mol. The summed E-state index contributed by atoms with van der Waals surface area (Å²) in [6, 6.07) is 13.2. The lowest BCUT2D eigenvalue weighted by Crippen LogP contribution is -2.40. The van der Waals surface area contributed by atoms with Crippen molar-refractivity contribution < 1.29 is 19.2 Å². The summed E-state index contributed by atoms with van der Waals surface area (Å²) in [5.74, 6) is -0.298. The zero-order valence-corrected chi connectivity index (χ0v) is 16.1. The van der Waals surface area contributed by atoms with Crippen LogP contribution in [0, 0.1) is 0 Å². The second-order valence-electron chi connectivity index (χ2n) is 6.44. The first-order valence-corrected chi connectivity index (χ1v) is 8.95. The molecule has 1 unspecified atom stereocenters. The first-order chi connectivity index (χ1) is 12.4. The summed E-state index contributed by atoms with van der Waals surface area (Å²) in [6.07, 6.45) is -0.489. The highest BCUT2D eigenvalue weighted by Crippen LogP contribution is 2.39. The van der Waals surface area contributed by atoms with E-state index >= 15 is 0 Å². The zero-order valence-electron chi connectivity index (χ0n) is 14.6. The third-order valence-corrected chi connectivity index (χ3v) is 4.42. The lowest BCUT2D eigenvalue weighted by Gasteiger charge is -2.34. The van der Waals surface area contributed by atoms with Gasteiger partial charge in [-0.2, -0.15) is 0 Å². The molecule has 4 nitrogen and oxygen atoms in total. The first kappa shape index (κ1) is 19.2. The minimum atomic E-state index is -0.796. The molecule has 1 heterocycles. The molecular formula is C20H20Cl2O4. The third-order valence-electron chi connectivity index (χ3n) is 3.92. The van der Waals surface area contributed by atoms with E-state index in [9.17, 15) is 0 Å². The number of hydrogen-bond donors (Lipinski definition) is 0. The van der Waals surface area contributed by atoms with E-state index in [0.29, 0.717) is 40.1 Å². The molecule has 0 radical (unpaired) electrons. The van der Waals surface area contributed by atoms with Crippen LogP contribution >= 0.6 is 23.2 Å². The number of rotatable bonds is 5. The number of halogens is 2. The van der Waals surface area contributed by atoms with Crippen LogP contribution in [0.2, 0.25) is 10.0 Å². The van der Waals surface area contributed by atoms with Crippen LogP contribution in [0.25, 0.3) is 5.57 Å². The van der Waals surface area contributed by atoms with Gasteiger partial charge in [-0.15, -0.1) is 0 Å². The number of benzene rings is 2. The molecule has 1 fully saturated rings. The number of hydrogen-bond acceptors (Lipinski definition) is 4. The fraction of sp³-hybridized carbons (Fsp3) is 0.300. The van der Waals surface area contributed by atoms with E-state index in [2.05, 4.69) is 6.58 Å². The molecule has 0 saturated carbocycles. The Bertz CT molecular complexity index is 780. The average Bonchev–Trinajstić information content (AvgIpc) is 2.60. The van der Waals surface area contributed by atoms with Crippen LogP contribution in [0.15, 0.2) is 49.0 Å². The normalized spacial score (nSPS) is 19.2. The Morgan fingerprint density at radius 2 is 1.96 bits per heavy atom. The predicted octanol–water partition coefficient (Wildman–Crippen LogP) is 5.67. The monoisotopic (exact) mass is 394 g/mol. The molecule has 26 heavy (non-hydrogen) atoms. The molecule has 1 atom stereocenters. The topological polar surface area (TPSA) is 36.9 Å². The molecule has 6 heteroatoms. The van der Waals surface area contributed by atoms with Crippen molar-refractivity contribution in [1.29, 1.82) is 0 Å².